The molecule has 0 saturated heterocycles. The van der Waals surface area contributed by atoms with Crippen molar-refractivity contribution in [2.75, 3.05) is 11.9 Å². The zero-order valence-electron chi connectivity index (χ0n) is 8.85. The Morgan fingerprint density at radius 1 is 1.06 bits per heavy atom. The lowest BCUT2D eigenvalue weighted by molar-refractivity contribution is 1.29. The molecule has 0 saturated carbocycles. The first-order chi connectivity index (χ1) is 7.95. The summed E-state index contributed by atoms with van der Waals surface area (Å²) in [5, 5.41) is 3.36. The molecule has 16 heavy (non-hydrogen) atoms. The van der Waals surface area contributed by atoms with E-state index in [0.717, 1.165) is 12.2 Å². The molecule has 1 N–H and O–H groups in total. The summed E-state index contributed by atoms with van der Waals surface area (Å²) in [6.07, 6.45) is 6.12. The fourth-order valence-electron chi connectivity index (χ4n) is 1.99. The highest BCUT2D eigenvalue weighted by Gasteiger charge is 2.09. The molecule has 0 fully saturated rings. The summed E-state index contributed by atoms with van der Waals surface area (Å²) in [5.41, 5.74) is 4.62. The van der Waals surface area contributed by atoms with Crippen LogP contribution in [-0.2, 0) is 0 Å². The third-order valence-corrected chi connectivity index (χ3v) is 2.74. The van der Waals surface area contributed by atoms with Crippen molar-refractivity contribution in [2.45, 2.75) is 0 Å². The number of anilines is 1. The van der Waals surface area contributed by atoms with Crippen molar-refractivity contribution in [1.29, 1.82) is 0 Å². The van der Waals surface area contributed by atoms with E-state index >= 15 is 0 Å². The van der Waals surface area contributed by atoms with Gasteiger partial charge in [-0.25, -0.2) is 0 Å². The van der Waals surface area contributed by atoms with Crippen molar-refractivity contribution >= 4 is 11.8 Å². The highest BCUT2D eigenvalue weighted by molar-refractivity contribution is 5.83. The summed E-state index contributed by atoms with van der Waals surface area (Å²) in [7, 11) is 0. The minimum absolute atomic E-state index is 0.901. The average Bonchev–Trinajstić information content (AvgIpc) is 2.39. The minimum atomic E-state index is 0.901. The molecule has 2 heterocycles. The van der Waals surface area contributed by atoms with Gasteiger partial charge in [-0.05, 0) is 18.2 Å². The summed E-state index contributed by atoms with van der Waals surface area (Å²) >= 11 is 0. The lowest BCUT2D eigenvalue weighted by Gasteiger charge is -2.16. The van der Waals surface area contributed by atoms with Crippen LogP contribution in [0.1, 0.15) is 5.56 Å². The molecule has 0 unspecified atom stereocenters. The van der Waals surface area contributed by atoms with Gasteiger partial charge in [0.1, 0.15) is 0 Å². The van der Waals surface area contributed by atoms with E-state index in [4.69, 9.17) is 0 Å². The van der Waals surface area contributed by atoms with E-state index in [1.807, 2.05) is 24.4 Å². The predicted octanol–water partition coefficient (Wildman–Crippen LogP) is 3.19. The van der Waals surface area contributed by atoms with Gasteiger partial charge in [-0.3, -0.25) is 4.98 Å². The Labute approximate surface area is 94.7 Å². The van der Waals surface area contributed by atoms with Crippen LogP contribution in [0.2, 0.25) is 0 Å². The monoisotopic (exact) mass is 208 g/mol. The number of pyridine rings is 1. The van der Waals surface area contributed by atoms with Crippen molar-refractivity contribution < 1.29 is 0 Å². The smallest absolute Gasteiger partial charge is 0.0708 e. The normalized spacial score (nSPS) is 13.0. The molecule has 0 radical (unpaired) electrons. The van der Waals surface area contributed by atoms with Crippen LogP contribution >= 0.6 is 0 Å². The van der Waals surface area contributed by atoms with Crippen molar-refractivity contribution in [3.8, 4) is 11.3 Å². The molecule has 0 atom stereocenters. The van der Waals surface area contributed by atoms with E-state index in [0.29, 0.717) is 0 Å². The highest BCUT2D eigenvalue weighted by atomic mass is 14.9. The van der Waals surface area contributed by atoms with Crippen LogP contribution < -0.4 is 5.32 Å². The molecular formula is C14H12N2. The Balaban J connectivity index is 2.20. The Morgan fingerprint density at radius 2 is 2.06 bits per heavy atom. The second kappa shape index (κ2) is 3.81. The molecule has 0 bridgehead atoms. The summed E-state index contributed by atoms with van der Waals surface area (Å²) in [6, 6.07) is 12.3. The van der Waals surface area contributed by atoms with Gasteiger partial charge in [0, 0.05) is 29.6 Å². The average molecular weight is 208 g/mol. The Bertz CT molecular complexity index is 530. The van der Waals surface area contributed by atoms with Gasteiger partial charge >= 0.3 is 0 Å². The van der Waals surface area contributed by atoms with E-state index in [9.17, 15) is 0 Å². The Hall–Kier alpha value is -2.09. The lowest BCUT2D eigenvalue weighted by Crippen LogP contribution is -2.05. The van der Waals surface area contributed by atoms with Gasteiger partial charge < -0.3 is 5.32 Å². The summed E-state index contributed by atoms with van der Waals surface area (Å²) in [5.74, 6) is 0. The number of nitrogens with one attached hydrogen (secondary N) is 1. The molecule has 2 heteroatoms. The van der Waals surface area contributed by atoms with Crippen LogP contribution in [0.15, 0.2) is 48.7 Å². The van der Waals surface area contributed by atoms with Crippen LogP contribution in [0.5, 0.6) is 0 Å². The van der Waals surface area contributed by atoms with Gasteiger partial charge in [-0.2, -0.15) is 0 Å². The van der Waals surface area contributed by atoms with Crippen LogP contribution in [0.4, 0.5) is 5.69 Å². The van der Waals surface area contributed by atoms with Crippen LogP contribution in [-0.4, -0.2) is 11.5 Å². The fraction of sp³-hybridized carbons (Fsp3) is 0.0714. The van der Waals surface area contributed by atoms with Crippen molar-refractivity contribution in [3.63, 3.8) is 0 Å². The quantitative estimate of drug-likeness (QED) is 0.778. The Morgan fingerprint density at radius 3 is 2.94 bits per heavy atom. The SMILES string of the molecule is C1=Cc2c(cccc2-c2ccccn2)NC1. The first-order valence-corrected chi connectivity index (χ1v) is 5.40. The first-order valence-electron chi connectivity index (χ1n) is 5.40. The van der Waals surface area contributed by atoms with Crippen LogP contribution in [0.25, 0.3) is 17.3 Å². The molecule has 78 valence electrons. The number of rotatable bonds is 1. The summed E-state index contributed by atoms with van der Waals surface area (Å²) in [6.45, 7) is 0.901. The first kappa shape index (κ1) is 9.16. The van der Waals surface area contributed by atoms with Gasteiger partial charge in [0.05, 0.1) is 5.69 Å². The topological polar surface area (TPSA) is 24.9 Å². The van der Waals surface area contributed by atoms with Crippen molar-refractivity contribution in [1.82, 2.24) is 4.98 Å². The second-order valence-electron chi connectivity index (χ2n) is 3.77. The largest absolute Gasteiger partial charge is 0.381 e. The molecule has 1 aliphatic heterocycles. The predicted molar refractivity (Wildman–Crippen MR) is 67.2 cm³/mol. The van der Waals surface area contributed by atoms with Gasteiger partial charge in [0.15, 0.2) is 0 Å². The number of fused-ring (bicyclic) bond motifs is 1. The molecule has 1 aliphatic rings. The molecule has 1 aromatic heterocycles. The van der Waals surface area contributed by atoms with E-state index < -0.39 is 0 Å². The molecule has 2 aromatic rings. The molecular weight excluding hydrogens is 196 g/mol. The van der Waals surface area contributed by atoms with Crippen LogP contribution in [0.3, 0.4) is 0 Å². The molecule has 0 spiro atoms. The van der Waals surface area contributed by atoms with Gasteiger partial charge in [0.2, 0.25) is 0 Å². The van der Waals surface area contributed by atoms with E-state index in [-0.39, 0.29) is 0 Å². The highest BCUT2D eigenvalue weighted by Crippen LogP contribution is 2.30. The second-order valence-corrected chi connectivity index (χ2v) is 3.77. The molecule has 0 aliphatic carbocycles. The van der Waals surface area contributed by atoms with Crippen molar-refractivity contribution in [2.24, 2.45) is 0 Å². The molecule has 1 aromatic carbocycles. The molecule has 3 rings (SSSR count). The minimum Gasteiger partial charge on any atom is -0.381 e. The number of hydrogen-bond donors (Lipinski definition) is 1. The van der Waals surface area contributed by atoms with Gasteiger partial charge in [-0.1, -0.05) is 30.4 Å². The molecule has 0 amide bonds. The molecule has 2 nitrogen and oxygen atoms in total. The van der Waals surface area contributed by atoms with Gasteiger partial charge in [-0.15, -0.1) is 0 Å². The summed E-state index contributed by atoms with van der Waals surface area (Å²) in [4.78, 5) is 4.40. The number of benzene rings is 1. The van der Waals surface area contributed by atoms with E-state index in [1.165, 1.54) is 16.8 Å². The maximum Gasteiger partial charge on any atom is 0.0708 e. The zero-order chi connectivity index (χ0) is 10.8. The zero-order valence-corrected chi connectivity index (χ0v) is 8.85. The third kappa shape index (κ3) is 1.48. The van der Waals surface area contributed by atoms with E-state index in [2.05, 4.69) is 40.7 Å². The maximum atomic E-state index is 4.40. The van der Waals surface area contributed by atoms with Crippen molar-refractivity contribution in [3.05, 3.63) is 54.2 Å². The maximum absolute atomic E-state index is 4.40. The lowest BCUT2D eigenvalue weighted by atomic mass is 10.00. The fourth-order valence-corrected chi connectivity index (χ4v) is 1.99. The Kier molecular flexibility index (Phi) is 2.18. The number of hydrogen-bond acceptors (Lipinski definition) is 2. The summed E-state index contributed by atoms with van der Waals surface area (Å²) < 4.78 is 0. The number of nitrogens with zero attached hydrogens (tertiary/aromatic N) is 1. The van der Waals surface area contributed by atoms with Gasteiger partial charge in [0.25, 0.3) is 0 Å². The standard InChI is InChI=1S/C14H12N2/c1-2-9-15-13(7-1)11-5-3-8-14-12(11)6-4-10-16-14/h1-9,16H,10H2. The number of aromatic nitrogens is 1. The van der Waals surface area contributed by atoms with E-state index in [1.54, 1.807) is 0 Å². The van der Waals surface area contributed by atoms with Crippen LogP contribution in [0, 0.1) is 0 Å². The third-order valence-electron chi connectivity index (χ3n) is 2.74.